The van der Waals surface area contributed by atoms with E-state index in [4.69, 9.17) is 0 Å². The van der Waals surface area contributed by atoms with Gasteiger partial charge in [-0.25, -0.2) is 13.4 Å². The second-order valence-electron chi connectivity index (χ2n) is 2.89. The number of aromatic nitrogens is 3. The van der Waals surface area contributed by atoms with Crippen LogP contribution in [0.5, 0.6) is 0 Å². The van der Waals surface area contributed by atoms with E-state index in [1.807, 2.05) is 0 Å². The van der Waals surface area contributed by atoms with Gasteiger partial charge in [-0.2, -0.15) is 14.4 Å². The minimum Gasteiger partial charge on any atom is -0.354 e. The standard InChI is InChI=1S/C8H11FN4O2S/c1-2-16(14,15)5-3-4-10-8-12-6-11-7(9)13-8/h2,6H,1,3-5H2,(H,10,11,12,13). The van der Waals surface area contributed by atoms with E-state index in [0.717, 1.165) is 11.7 Å². The van der Waals surface area contributed by atoms with Crippen LogP contribution in [0.1, 0.15) is 6.42 Å². The number of hydrogen-bond acceptors (Lipinski definition) is 6. The molecule has 16 heavy (non-hydrogen) atoms. The fourth-order valence-electron chi connectivity index (χ4n) is 0.918. The Balaban J connectivity index is 2.34. The van der Waals surface area contributed by atoms with Crippen LogP contribution in [-0.4, -0.2) is 35.7 Å². The van der Waals surface area contributed by atoms with Crippen molar-refractivity contribution >= 4 is 15.8 Å². The third-order valence-electron chi connectivity index (χ3n) is 1.69. The molecule has 0 bridgehead atoms. The van der Waals surface area contributed by atoms with Gasteiger partial charge >= 0.3 is 6.08 Å². The summed E-state index contributed by atoms with van der Waals surface area (Å²) in [5.74, 6) is 0.0698. The minimum atomic E-state index is -3.19. The Kier molecular flexibility index (Phi) is 4.29. The average Bonchev–Trinajstić information content (AvgIpc) is 2.25. The predicted molar refractivity (Wildman–Crippen MR) is 56.9 cm³/mol. The number of nitrogens with one attached hydrogen (secondary N) is 1. The van der Waals surface area contributed by atoms with Crippen LogP contribution in [0.3, 0.4) is 0 Å². The molecule has 8 heteroatoms. The van der Waals surface area contributed by atoms with Gasteiger partial charge in [-0.05, 0) is 6.42 Å². The third kappa shape index (κ3) is 4.30. The lowest BCUT2D eigenvalue weighted by Gasteiger charge is -2.02. The molecule has 0 amide bonds. The second-order valence-corrected chi connectivity index (χ2v) is 4.96. The summed E-state index contributed by atoms with van der Waals surface area (Å²) in [6.07, 6.45) is 0.517. The van der Waals surface area contributed by atoms with Crippen LogP contribution in [0.4, 0.5) is 10.3 Å². The minimum absolute atomic E-state index is 0.0168. The highest BCUT2D eigenvalue weighted by atomic mass is 32.2. The quantitative estimate of drug-likeness (QED) is 0.730. The van der Waals surface area contributed by atoms with Crippen LogP contribution in [0, 0.1) is 6.08 Å². The second kappa shape index (κ2) is 5.50. The maximum Gasteiger partial charge on any atom is 0.313 e. The SMILES string of the molecule is C=CS(=O)(=O)CCCNc1ncnc(F)n1. The molecular weight excluding hydrogens is 235 g/mol. The van der Waals surface area contributed by atoms with Gasteiger partial charge in [-0.1, -0.05) is 6.58 Å². The van der Waals surface area contributed by atoms with Gasteiger partial charge in [-0.3, -0.25) is 0 Å². The van der Waals surface area contributed by atoms with E-state index in [1.165, 1.54) is 0 Å². The summed E-state index contributed by atoms with van der Waals surface area (Å²) < 4.78 is 34.5. The predicted octanol–water partition coefficient (Wildman–Crippen LogP) is 0.371. The molecule has 0 fully saturated rings. The smallest absolute Gasteiger partial charge is 0.313 e. The first-order chi connectivity index (χ1) is 7.53. The number of rotatable bonds is 6. The van der Waals surface area contributed by atoms with Crippen LogP contribution in [0.2, 0.25) is 0 Å². The van der Waals surface area contributed by atoms with E-state index in [0.29, 0.717) is 13.0 Å². The Bertz CT molecular complexity index is 463. The highest BCUT2D eigenvalue weighted by Gasteiger charge is 2.04. The first-order valence-corrected chi connectivity index (χ1v) is 6.18. The van der Waals surface area contributed by atoms with Crippen molar-refractivity contribution in [3.8, 4) is 0 Å². The fourth-order valence-corrected chi connectivity index (χ4v) is 1.63. The highest BCUT2D eigenvalue weighted by Crippen LogP contribution is 1.98. The number of sulfone groups is 1. The van der Waals surface area contributed by atoms with Crippen molar-refractivity contribution in [3.05, 3.63) is 24.4 Å². The zero-order valence-corrected chi connectivity index (χ0v) is 9.24. The molecular formula is C8H11FN4O2S. The van der Waals surface area contributed by atoms with Crippen LogP contribution in [0.15, 0.2) is 18.3 Å². The molecule has 0 aromatic carbocycles. The lowest BCUT2D eigenvalue weighted by molar-refractivity contribution is 0.534. The van der Waals surface area contributed by atoms with Gasteiger partial charge in [-0.15, -0.1) is 0 Å². The van der Waals surface area contributed by atoms with Crippen molar-refractivity contribution in [2.24, 2.45) is 0 Å². The largest absolute Gasteiger partial charge is 0.354 e. The summed E-state index contributed by atoms with van der Waals surface area (Å²) >= 11 is 0. The van der Waals surface area contributed by atoms with Crippen molar-refractivity contribution in [1.82, 2.24) is 15.0 Å². The number of anilines is 1. The monoisotopic (exact) mass is 246 g/mol. The molecule has 0 unspecified atom stereocenters. The van der Waals surface area contributed by atoms with Crippen LogP contribution >= 0.6 is 0 Å². The van der Waals surface area contributed by atoms with E-state index in [1.54, 1.807) is 0 Å². The van der Waals surface area contributed by atoms with Crippen LogP contribution in [-0.2, 0) is 9.84 Å². The third-order valence-corrected chi connectivity index (χ3v) is 3.05. The molecule has 1 heterocycles. The van der Waals surface area contributed by atoms with Crippen molar-refractivity contribution in [1.29, 1.82) is 0 Å². The topological polar surface area (TPSA) is 84.8 Å². The molecule has 0 aliphatic carbocycles. The highest BCUT2D eigenvalue weighted by molar-refractivity contribution is 7.94. The summed E-state index contributed by atoms with van der Waals surface area (Å²) in [6.45, 7) is 3.52. The van der Waals surface area contributed by atoms with Gasteiger partial charge in [0.2, 0.25) is 5.95 Å². The van der Waals surface area contributed by atoms with E-state index in [2.05, 4.69) is 26.8 Å². The summed E-state index contributed by atoms with van der Waals surface area (Å²) in [5, 5.41) is 3.59. The van der Waals surface area contributed by atoms with Crippen molar-refractivity contribution in [3.63, 3.8) is 0 Å². The van der Waals surface area contributed by atoms with Gasteiger partial charge in [0, 0.05) is 12.0 Å². The van der Waals surface area contributed by atoms with Gasteiger partial charge in [0.1, 0.15) is 6.33 Å². The molecule has 1 rings (SSSR count). The summed E-state index contributed by atoms with van der Waals surface area (Å²) in [5.41, 5.74) is 0. The molecule has 1 aromatic heterocycles. The van der Waals surface area contributed by atoms with Gasteiger partial charge in [0.25, 0.3) is 0 Å². The molecule has 6 nitrogen and oxygen atoms in total. The Labute approximate surface area is 92.6 Å². The Morgan fingerprint density at radius 3 is 2.88 bits per heavy atom. The molecule has 0 aliphatic heterocycles. The maximum atomic E-state index is 12.5. The van der Waals surface area contributed by atoms with Gasteiger partial charge in [0.05, 0.1) is 5.75 Å². The molecule has 1 N–H and O–H groups in total. The normalized spacial score (nSPS) is 11.1. The summed E-state index contributed by atoms with van der Waals surface area (Å²) in [4.78, 5) is 10.2. The number of halogens is 1. The fraction of sp³-hybridized carbons (Fsp3) is 0.375. The number of hydrogen-bond donors (Lipinski definition) is 1. The van der Waals surface area contributed by atoms with Gasteiger partial charge in [0.15, 0.2) is 9.84 Å². The molecule has 0 aliphatic rings. The van der Waals surface area contributed by atoms with E-state index >= 15 is 0 Å². The summed E-state index contributed by atoms with van der Waals surface area (Å²) in [7, 11) is -3.19. The van der Waals surface area contributed by atoms with Crippen molar-refractivity contribution in [2.75, 3.05) is 17.6 Å². The Hall–Kier alpha value is -1.57. The Morgan fingerprint density at radius 2 is 2.25 bits per heavy atom. The first-order valence-electron chi connectivity index (χ1n) is 4.47. The lowest BCUT2D eigenvalue weighted by atomic mass is 10.5. The molecule has 0 radical (unpaired) electrons. The van der Waals surface area contributed by atoms with E-state index in [-0.39, 0.29) is 11.7 Å². The maximum absolute atomic E-state index is 12.5. The Morgan fingerprint density at radius 1 is 1.50 bits per heavy atom. The van der Waals surface area contributed by atoms with Gasteiger partial charge < -0.3 is 5.32 Å². The molecule has 0 spiro atoms. The van der Waals surface area contributed by atoms with Crippen molar-refractivity contribution < 1.29 is 12.8 Å². The zero-order chi connectivity index (χ0) is 12.0. The zero-order valence-electron chi connectivity index (χ0n) is 8.43. The lowest BCUT2D eigenvalue weighted by Crippen LogP contribution is -2.11. The van der Waals surface area contributed by atoms with E-state index < -0.39 is 15.9 Å². The number of nitrogens with zero attached hydrogens (tertiary/aromatic N) is 3. The summed E-state index contributed by atoms with van der Waals surface area (Å²) in [6, 6.07) is 0. The molecule has 0 atom stereocenters. The van der Waals surface area contributed by atoms with Crippen molar-refractivity contribution in [2.45, 2.75) is 6.42 Å². The van der Waals surface area contributed by atoms with Crippen LogP contribution in [0.25, 0.3) is 0 Å². The average molecular weight is 246 g/mol. The molecule has 88 valence electrons. The molecule has 1 aromatic rings. The van der Waals surface area contributed by atoms with E-state index in [9.17, 15) is 12.8 Å². The molecule has 0 saturated heterocycles. The first kappa shape index (κ1) is 12.5. The molecule has 0 saturated carbocycles. The van der Waals surface area contributed by atoms with Crippen LogP contribution < -0.4 is 5.32 Å².